The van der Waals surface area contributed by atoms with Crippen LogP contribution < -0.4 is 10.6 Å². The number of hydrogen-bond donors (Lipinski definition) is 3. The molecule has 0 saturated carbocycles. The van der Waals surface area contributed by atoms with Gasteiger partial charge in [0.15, 0.2) is 0 Å². The Hall–Kier alpha value is -2.79. The van der Waals surface area contributed by atoms with Crippen molar-refractivity contribution in [1.82, 2.24) is 10.3 Å². The van der Waals surface area contributed by atoms with E-state index < -0.39 is 0 Å². The van der Waals surface area contributed by atoms with Crippen LogP contribution in [0.3, 0.4) is 0 Å². The van der Waals surface area contributed by atoms with Gasteiger partial charge in [0.25, 0.3) is 0 Å². The van der Waals surface area contributed by atoms with Crippen LogP contribution in [0.1, 0.15) is 23.0 Å². The van der Waals surface area contributed by atoms with E-state index in [1.165, 1.54) is 0 Å². The molecule has 3 rings (SSSR count). The van der Waals surface area contributed by atoms with E-state index in [1.807, 2.05) is 13.0 Å². The van der Waals surface area contributed by atoms with E-state index in [0.717, 1.165) is 5.39 Å². The Morgan fingerprint density at radius 1 is 1.12 bits per heavy atom. The van der Waals surface area contributed by atoms with Crippen LogP contribution in [0.5, 0.6) is 0 Å². The SMILES string of the molecule is CCNC(=O)Nc1c(C(=O)c2ccccc2)[nH]c2cc(Cl)ccc12. The maximum atomic E-state index is 12.8. The zero-order chi connectivity index (χ0) is 17.1. The molecule has 24 heavy (non-hydrogen) atoms. The molecule has 2 aromatic carbocycles. The van der Waals surface area contributed by atoms with E-state index in [0.29, 0.717) is 34.0 Å². The first-order chi connectivity index (χ1) is 11.6. The zero-order valence-electron chi connectivity index (χ0n) is 13.0. The summed E-state index contributed by atoms with van der Waals surface area (Å²) in [5.74, 6) is -0.199. The second kappa shape index (κ2) is 6.76. The molecule has 1 heterocycles. The van der Waals surface area contributed by atoms with Crippen LogP contribution in [0.15, 0.2) is 48.5 Å². The fraction of sp³-hybridized carbons (Fsp3) is 0.111. The van der Waals surface area contributed by atoms with Gasteiger partial charge in [0.05, 0.1) is 5.69 Å². The maximum Gasteiger partial charge on any atom is 0.319 e. The van der Waals surface area contributed by atoms with Gasteiger partial charge in [-0.1, -0.05) is 41.9 Å². The summed E-state index contributed by atoms with van der Waals surface area (Å²) in [5.41, 5.74) is 1.99. The first-order valence-corrected chi connectivity index (χ1v) is 7.93. The minimum atomic E-state index is -0.365. The molecule has 0 atom stereocenters. The van der Waals surface area contributed by atoms with Gasteiger partial charge in [0.2, 0.25) is 5.78 Å². The Kier molecular flexibility index (Phi) is 4.53. The molecule has 1 aromatic heterocycles. The lowest BCUT2D eigenvalue weighted by Gasteiger charge is -2.07. The number of aromatic nitrogens is 1. The predicted octanol–water partition coefficient (Wildman–Crippen LogP) is 4.19. The third-order valence-electron chi connectivity index (χ3n) is 3.60. The lowest BCUT2D eigenvalue weighted by molar-refractivity contribution is 0.103. The van der Waals surface area contributed by atoms with Crippen molar-refractivity contribution in [3.05, 3.63) is 64.8 Å². The maximum absolute atomic E-state index is 12.8. The van der Waals surface area contributed by atoms with Crippen molar-refractivity contribution in [1.29, 1.82) is 0 Å². The number of hydrogen-bond acceptors (Lipinski definition) is 2. The second-order valence-corrected chi connectivity index (χ2v) is 5.68. The number of halogens is 1. The summed E-state index contributed by atoms with van der Waals surface area (Å²) < 4.78 is 0. The number of nitrogens with one attached hydrogen (secondary N) is 3. The Labute approximate surface area is 144 Å². The molecule has 3 N–H and O–H groups in total. The monoisotopic (exact) mass is 341 g/mol. The molecule has 2 amide bonds. The molecule has 0 radical (unpaired) electrons. The van der Waals surface area contributed by atoms with E-state index in [4.69, 9.17) is 11.6 Å². The highest BCUT2D eigenvalue weighted by Gasteiger charge is 2.20. The number of amides is 2. The summed E-state index contributed by atoms with van der Waals surface area (Å²) in [5, 5.41) is 6.70. The Bertz CT molecular complexity index is 903. The quantitative estimate of drug-likeness (QED) is 0.622. The van der Waals surface area contributed by atoms with Gasteiger partial charge in [0, 0.05) is 28.0 Å². The van der Waals surface area contributed by atoms with Crippen molar-refractivity contribution in [2.24, 2.45) is 0 Å². The zero-order valence-corrected chi connectivity index (χ0v) is 13.8. The molecule has 6 heteroatoms. The highest BCUT2D eigenvalue weighted by Crippen LogP contribution is 2.31. The average molecular weight is 342 g/mol. The van der Waals surface area contributed by atoms with Crippen LogP contribution in [0.25, 0.3) is 10.9 Å². The van der Waals surface area contributed by atoms with Gasteiger partial charge in [-0.3, -0.25) is 4.79 Å². The van der Waals surface area contributed by atoms with E-state index in [-0.39, 0.29) is 11.8 Å². The lowest BCUT2D eigenvalue weighted by atomic mass is 10.1. The fourth-order valence-corrected chi connectivity index (χ4v) is 2.69. The van der Waals surface area contributed by atoms with Crippen molar-refractivity contribution < 1.29 is 9.59 Å². The third kappa shape index (κ3) is 3.12. The molecule has 0 aliphatic rings. The Balaban J connectivity index is 2.11. The lowest BCUT2D eigenvalue weighted by Crippen LogP contribution is -2.28. The molecule has 0 saturated heterocycles. The molecule has 0 bridgehead atoms. The largest absolute Gasteiger partial charge is 0.350 e. The predicted molar refractivity (Wildman–Crippen MR) is 95.9 cm³/mol. The normalized spacial score (nSPS) is 10.6. The van der Waals surface area contributed by atoms with Crippen molar-refractivity contribution in [3.63, 3.8) is 0 Å². The number of aromatic amines is 1. The molecule has 0 aliphatic heterocycles. The van der Waals surface area contributed by atoms with Gasteiger partial charge in [-0.05, 0) is 25.1 Å². The number of rotatable bonds is 4. The van der Waals surface area contributed by atoms with Crippen LogP contribution in [0.4, 0.5) is 10.5 Å². The summed E-state index contributed by atoms with van der Waals surface area (Å²) >= 11 is 6.03. The minimum Gasteiger partial charge on any atom is -0.350 e. The summed E-state index contributed by atoms with van der Waals surface area (Å²) in [6, 6.07) is 13.8. The molecule has 0 spiro atoms. The van der Waals surface area contributed by atoms with Gasteiger partial charge in [-0.15, -0.1) is 0 Å². The van der Waals surface area contributed by atoms with Gasteiger partial charge in [-0.25, -0.2) is 4.79 Å². The molecular weight excluding hydrogens is 326 g/mol. The van der Waals surface area contributed by atoms with Crippen molar-refractivity contribution in [2.45, 2.75) is 6.92 Å². The molecule has 0 fully saturated rings. The summed E-state index contributed by atoms with van der Waals surface area (Å²) in [4.78, 5) is 27.9. The highest BCUT2D eigenvalue weighted by atomic mass is 35.5. The number of carbonyl (C=O) groups excluding carboxylic acids is 2. The number of H-pyrrole nitrogens is 1. The summed E-state index contributed by atoms with van der Waals surface area (Å²) in [6.07, 6.45) is 0. The number of fused-ring (bicyclic) bond motifs is 1. The van der Waals surface area contributed by atoms with Gasteiger partial charge < -0.3 is 15.6 Å². The third-order valence-corrected chi connectivity index (χ3v) is 3.83. The number of benzene rings is 2. The fourth-order valence-electron chi connectivity index (χ4n) is 2.52. The van der Waals surface area contributed by atoms with E-state index >= 15 is 0 Å². The van der Waals surface area contributed by atoms with Crippen molar-refractivity contribution >= 4 is 40.0 Å². The minimum absolute atomic E-state index is 0.199. The van der Waals surface area contributed by atoms with Crippen LogP contribution in [-0.2, 0) is 0 Å². The first kappa shape index (κ1) is 16.1. The topological polar surface area (TPSA) is 74.0 Å². The number of urea groups is 1. The second-order valence-electron chi connectivity index (χ2n) is 5.24. The van der Waals surface area contributed by atoms with Crippen LogP contribution in [-0.4, -0.2) is 23.3 Å². The molecule has 122 valence electrons. The average Bonchev–Trinajstić information content (AvgIpc) is 2.92. The molecular formula is C18H16ClN3O2. The molecule has 3 aromatic rings. The van der Waals surface area contributed by atoms with Crippen LogP contribution >= 0.6 is 11.6 Å². The molecule has 0 aliphatic carbocycles. The van der Waals surface area contributed by atoms with Gasteiger partial charge >= 0.3 is 6.03 Å². The standard InChI is InChI=1S/C18H16ClN3O2/c1-2-20-18(24)22-15-13-9-8-12(19)10-14(13)21-16(15)17(23)11-6-4-3-5-7-11/h3-10,21H,2H2,1H3,(H2,20,22,24). The Morgan fingerprint density at radius 2 is 1.88 bits per heavy atom. The first-order valence-electron chi connectivity index (χ1n) is 7.56. The van der Waals surface area contributed by atoms with E-state index in [1.54, 1.807) is 42.5 Å². The summed E-state index contributed by atoms with van der Waals surface area (Å²) in [7, 11) is 0. The van der Waals surface area contributed by atoms with E-state index in [2.05, 4.69) is 15.6 Å². The highest BCUT2D eigenvalue weighted by molar-refractivity contribution is 6.31. The molecule has 5 nitrogen and oxygen atoms in total. The molecule has 0 unspecified atom stereocenters. The van der Waals surface area contributed by atoms with Gasteiger partial charge in [-0.2, -0.15) is 0 Å². The van der Waals surface area contributed by atoms with Crippen LogP contribution in [0, 0.1) is 0 Å². The smallest absolute Gasteiger partial charge is 0.319 e. The number of ketones is 1. The van der Waals surface area contributed by atoms with Crippen molar-refractivity contribution in [3.8, 4) is 0 Å². The Morgan fingerprint density at radius 3 is 2.58 bits per heavy atom. The van der Waals surface area contributed by atoms with Crippen molar-refractivity contribution in [2.75, 3.05) is 11.9 Å². The number of carbonyl (C=O) groups is 2. The van der Waals surface area contributed by atoms with E-state index in [9.17, 15) is 9.59 Å². The number of anilines is 1. The summed E-state index contributed by atoms with van der Waals surface area (Å²) in [6.45, 7) is 2.31. The van der Waals surface area contributed by atoms with Crippen LogP contribution in [0.2, 0.25) is 5.02 Å². The van der Waals surface area contributed by atoms with Gasteiger partial charge in [0.1, 0.15) is 5.69 Å².